The van der Waals surface area contributed by atoms with E-state index in [1.807, 2.05) is 38.1 Å². The highest BCUT2D eigenvalue weighted by molar-refractivity contribution is 7.89. The van der Waals surface area contributed by atoms with Gasteiger partial charge in [0, 0.05) is 36.8 Å². The zero-order valence-electron chi connectivity index (χ0n) is 16.8. The van der Waals surface area contributed by atoms with Gasteiger partial charge in [-0.15, -0.1) is 10.2 Å². The Morgan fingerprint density at radius 2 is 1.73 bits per heavy atom. The van der Waals surface area contributed by atoms with Crippen LogP contribution in [-0.4, -0.2) is 54.0 Å². The van der Waals surface area contributed by atoms with Crippen LogP contribution in [0.15, 0.2) is 57.8 Å². The molecule has 1 aliphatic heterocycles. The van der Waals surface area contributed by atoms with Gasteiger partial charge >= 0.3 is 0 Å². The van der Waals surface area contributed by atoms with Crippen molar-refractivity contribution in [2.45, 2.75) is 24.8 Å². The van der Waals surface area contributed by atoms with Crippen molar-refractivity contribution in [3.05, 3.63) is 65.0 Å². The first-order chi connectivity index (χ1) is 14.3. The van der Waals surface area contributed by atoms with Gasteiger partial charge in [0.1, 0.15) is 0 Å². The predicted octanol–water partition coefficient (Wildman–Crippen LogP) is 3.77. The highest BCUT2D eigenvalue weighted by atomic mass is 35.5. The number of hydrogen-bond donors (Lipinski definition) is 0. The molecule has 0 N–H and O–H groups in total. The molecular weight excluding hydrogens is 424 g/mol. The smallest absolute Gasteiger partial charge is 0.247 e. The average Bonchev–Trinajstić information content (AvgIpc) is 3.24. The van der Waals surface area contributed by atoms with Crippen molar-refractivity contribution in [2.75, 3.05) is 26.2 Å². The molecule has 1 aliphatic rings. The molecule has 9 heteroatoms. The second-order valence-electron chi connectivity index (χ2n) is 7.38. The summed E-state index contributed by atoms with van der Waals surface area (Å²) in [6.45, 7) is 5.92. The summed E-state index contributed by atoms with van der Waals surface area (Å²) in [5.41, 5.74) is 1.80. The van der Waals surface area contributed by atoms with E-state index in [-0.39, 0.29) is 6.04 Å². The Bertz CT molecular complexity index is 1120. The van der Waals surface area contributed by atoms with Crippen LogP contribution in [0.3, 0.4) is 0 Å². The number of sulfonamides is 1. The molecule has 30 heavy (non-hydrogen) atoms. The number of piperazine rings is 1. The van der Waals surface area contributed by atoms with E-state index in [2.05, 4.69) is 15.1 Å². The van der Waals surface area contributed by atoms with Crippen molar-refractivity contribution in [1.82, 2.24) is 19.4 Å². The topological polar surface area (TPSA) is 79.5 Å². The van der Waals surface area contributed by atoms with E-state index in [0.29, 0.717) is 47.9 Å². The number of aryl methyl sites for hydroxylation is 1. The molecule has 158 valence electrons. The summed E-state index contributed by atoms with van der Waals surface area (Å²) in [5, 5.41) is 8.93. The van der Waals surface area contributed by atoms with E-state index in [1.165, 1.54) is 4.31 Å². The Morgan fingerprint density at radius 1 is 1.03 bits per heavy atom. The highest BCUT2D eigenvalue weighted by Crippen LogP contribution is 2.27. The Morgan fingerprint density at radius 3 is 2.40 bits per heavy atom. The van der Waals surface area contributed by atoms with Crippen LogP contribution in [0, 0.1) is 6.92 Å². The lowest BCUT2D eigenvalue weighted by molar-refractivity contribution is 0.129. The molecule has 0 aliphatic carbocycles. The van der Waals surface area contributed by atoms with Crippen LogP contribution < -0.4 is 0 Å². The average molecular weight is 447 g/mol. The van der Waals surface area contributed by atoms with Crippen molar-refractivity contribution in [3.8, 4) is 11.5 Å². The summed E-state index contributed by atoms with van der Waals surface area (Å²) in [6.07, 6.45) is 0. The largest absolute Gasteiger partial charge is 0.419 e. The molecule has 1 fully saturated rings. The second kappa shape index (κ2) is 8.47. The van der Waals surface area contributed by atoms with Crippen molar-refractivity contribution < 1.29 is 12.8 Å². The molecule has 1 saturated heterocycles. The van der Waals surface area contributed by atoms with Crippen molar-refractivity contribution >= 4 is 21.6 Å². The Kier molecular flexibility index (Phi) is 5.92. The van der Waals surface area contributed by atoms with Crippen LogP contribution >= 0.6 is 11.6 Å². The normalized spacial score (nSPS) is 17.2. The predicted molar refractivity (Wildman–Crippen MR) is 115 cm³/mol. The van der Waals surface area contributed by atoms with E-state index in [9.17, 15) is 8.42 Å². The molecule has 0 amide bonds. The van der Waals surface area contributed by atoms with Gasteiger partial charge < -0.3 is 4.42 Å². The van der Waals surface area contributed by atoms with E-state index in [1.54, 1.807) is 24.3 Å². The van der Waals surface area contributed by atoms with Crippen LogP contribution in [0.2, 0.25) is 5.02 Å². The fraction of sp³-hybridized carbons (Fsp3) is 0.333. The van der Waals surface area contributed by atoms with Gasteiger partial charge in [-0.2, -0.15) is 4.31 Å². The molecule has 0 saturated carbocycles. The van der Waals surface area contributed by atoms with E-state index in [0.717, 1.165) is 11.1 Å². The van der Waals surface area contributed by atoms with Crippen LogP contribution in [0.4, 0.5) is 0 Å². The number of nitrogens with zero attached hydrogens (tertiary/aromatic N) is 4. The van der Waals surface area contributed by atoms with Crippen molar-refractivity contribution in [1.29, 1.82) is 0 Å². The third-order valence-corrected chi connectivity index (χ3v) is 7.50. The number of rotatable bonds is 5. The zero-order valence-corrected chi connectivity index (χ0v) is 18.4. The number of halogens is 1. The van der Waals surface area contributed by atoms with E-state index in [4.69, 9.17) is 16.0 Å². The minimum atomic E-state index is -3.49. The molecule has 0 bridgehead atoms. The molecule has 1 aromatic heterocycles. The molecule has 3 aromatic rings. The SMILES string of the molecule is Cc1ccc(S(=O)(=O)N2CCN(C(C)c3nnc(-c4cccc(Cl)c4)o3)CC2)cc1. The summed E-state index contributed by atoms with van der Waals surface area (Å²) in [5.74, 6) is 0.916. The molecule has 0 spiro atoms. The number of hydrogen-bond acceptors (Lipinski definition) is 6. The van der Waals surface area contributed by atoms with Gasteiger partial charge in [-0.1, -0.05) is 35.4 Å². The first-order valence-corrected chi connectivity index (χ1v) is 11.6. The quantitative estimate of drug-likeness (QED) is 0.593. The number of aromatic nitrogens is 2. The molecule has 7 nitrogen and oxygen atoms in total. The monoisotopic (exact) mass is 446 g/mol. The standard InChI is InChI=1S/C21H23ClN4O3S/c1-15-6-8-19(9-7-15)30(27,28)26-12-10-25(11-13-26)16(2)20-23-24-21(29-20)17-4-3-5-18(22)14-17/h3-9,14,16H,10-13H2,1-2H3. The summed E-state index contributed by atoms with van der Waals surface area (Å²) in [6, 6.07) is 14.1. The lowest BCUT2D eigenvalue weighted by Crippen LogP contribution is -2.49. The summed E-state index contributed by atoms with van der Waals surface area (Å²) < 4.78 is 33.2. The van der Waals surface area contributed by atoms with Crippen LogP contribution in [0.1, 0.15) is 24.4 Å². The van der Waals surface area contributed by atoms with Gasteiger partial charge in [0.05, 0.1) is 10.9 Å². The Balaban J connectivity index is 1.42. The summed E-state index contributed by atoms with van der Waals surface area (Å²) in [7, 11) is -3.49. The van der Waals surface area contributed by atoms with Crippen molar-refractivity contribution in [3.63, 3.8) is 0 Å². The van der Waals surface area contributed by atoms with Gasteiger partial charge in [-0.3, -0.25) is 4.90 Å². The first kappa shape index (κ1) is 21.0. The zero-order chi connectivity index (χ0) is 21.3. The fourth-order valence-electron chi connectivity index (χ4n) is 3.49. The van der Waals surface area contributed by atoms with Gasteiger partial charge in [-0.25, -0.2) is 8.42 Å². The van der Waals surface area contributed by atoms with Gasteiger partial charge in [-0.05, 0) is 44.2 Å². The molecule has 4 rings (SSSR count). The highest BCUT2D eigenvalue weighted by Gasteiger charge is 2.31. The summed E-state index contributed by atoms with van der Waals surface area (Å²) >= 11 is 6.04. The maximum atomic E-state index is 12.9. The third kappa shape index (κ3) is 4.27. The van der Waals surface area contributed by atoms with Gasteiger partial charge in [0.2, 0.25) is 21.8 Å². The molecule has 1 atom stereocenters. The Hall–Kier alpha value is -2.26. The second-order valence-corrected chi connectivity index (χ2v) is 9.76. The lowest BCUT2D eigenvalue weighted by Gasteiger charge is -2.36. The van der Waals surface area contributed by atoms with Crippen LogP contribution in [0.5, 0.6) is 0 Å². The first-order valence-electron chi connectivity index (χ1n) is 9.75. The number of benzene rings is 2. The van der Waals surface area contributed by atoms with Gasteiger partial charge in [0.15, 0.2) is 0 Å². The fourth-order valence-corrected chi connectivity index (χ4v) is 5.10. The molecule has 1 unspecified atom stereocenters. The molecule has 2 heterocycles. The summed E-state index contributed by atoms with van der Waals surface area (Å²) in [4.78, 5) is 2.48. The Labute approximate surface area is 181 Å². The van der Waals surface area contributed by atoms with Gasteiger partial charge in [0.25, 0.3) is 0 Å². The minimum Gasteiger partial charge on any atom is -0.419 e. The van der Waals surface area contributed by atoms with E-state index < -0.39 is 10.0 Å². The van der Waals surface area contributed by atoms with Crippen LogP contribution in [0.25, 0.3) is 11.5 Å². The molecule has 2 aromatic carbocycles. The molecular formula is C21H23ClN4O3S. The maximum absolute atomic E-state index is 12.9. The van der Waals surface area contributed by atoms with E-state index >= 15 is 0 Å². The lowest BCUT2D eigenvalue weighted by atomic mass is 10.2. The maximum Gasteiger partial charge on any atom is 0.247 e. The van der Waals surface area contributed by atoms with Crippen LogP contribution in [-0.2, 0) is 10.0 Å². The minimum absolute atomic E-state index is 0.116. The third-order valence-electron chi connectivity index (χ3n) is 5.35. The van der Waals surface area contributed by atoms with Crippen molar-refractivity contribution in [2.24, 2.45) is 0 Å². The molecule has 0 radical (unpaired) electrons.